The van der Waals surface area contributed by atoms with Crippen LogP contribution < -0.4 is 14.8 Å². The van der Waals surface area contributed by atoms with Gasteiger partial charge in [-0.1, -0.05) is 47.5 Å². The standard InChI is InChI=1S/C29H30Cl2N4O5S/c1-34(2)29(37)32-14-13-18-9-12-24-21(15-18)22(27(31)35(24)3)16-19-10-11-20(17-25(19)40-4)28(36)33-41(38,39)26-8-6-5-7-23(26)30/h5-12,15,17H,13-14,16H2,1-4H3,(H,32,37)(H,33,36). The van der Waals surface area contributed by atoms with Gasteiger partial charge < -0.3 is 19.5 Å². The largest absolute Gasteiger partial charge is 0.496 e. The summed E-state index contributed by atoms with van der Waals surface area (Å²) in [5.74, 6) is -0.410. The molecule has 4 rings (SSSR count). The number of nitrogens with zero attached hydrogens (tertiary/aromatic N) is 2. The Morgan fingerprint density at radius 3 is 2.44 bits per heavy atom. The van der Waals surface area contributed by atoms with Crippen LogP contribution in [0.5, 0.6) is 5.75 Å². The van der Waals surface area contributed by atoms with Crippen molar-refractivity contribution < 1.29 is 22.7 Å². The average molecular weight is 618 g/mol. The van der Waals surface area contributed by atoms with Gasteiger partial charge in [0, 0.05) is 56.1 Å². The summed E-state index contributed by atoms with van der Waals surface area (Å²) in [6.07, 6.45) is 1.05. The maximum Gasteiger partial charge on any atom is 0.316 e. The monoisotopic (exact) mass is 616 g/mol. The Kier molecular flexibility index (Phi) is 9.16. The van der Waals surface area contributed by atoms with Crippen molar-refractivity contribution in [3.63, 3.8) is 0 Å². The fourth-order valence-corrected chi connectivity index (χ4v) is 6.21. The first-order valence-corrected chi connectivity index (χ1v) is 14.9. The second kappa shape index (κ2) is 12.4. The van der Waals surface area contributed by atoms with Crippen molar-refractivity contribution in [3.8, 4) is 5.75 Å². The number of hydrogen-bond acceptors (Lipinski definition) is 5. The minimum Gasteiger partial charge on any atom is -0.496 e. The highest BCUT2D eigenvalue weighted by atomic mass is 35.5. The predicted octanol–water partition coefficient (Wildman–Crippen LogP) is 5.02. The molecule has 3 aromatic carbocycles. The summed E-state index contributed by atoms with van der Waals surface area (Å²) in [4.78, 5) is 26.0. The molecule has 0 radical (unpaired) electrons. The minimum atomic E-state index is -4.18. The second-order valence-electron chi connectivity index (χ2n) is 9.62. The molecule has 0 aliphatic heterocycles. The number of sulfonamides is 1. The first kappa shape index (κ1) is 30.2. The summed E-state index contributed by atoms with van der Waals surface area (Å²) >= 11 is 12.8. The molecule has 1 heterocycles. The molecule has 2 N–H and O–H groups in total. The summed E-state index contributed by atoms with van der Waals surface area (Å²) in [5, 5.41) is 4.40. The van der Waals surface area contributed by atoms with Gasteiger partial charge in [-0.2, -0.15) is 0 Å². The molecule has 3 amide bonds. The van der Waals surface area contributed by atoms with Crippen molar-refractivity contribution >= 4 is 56.1 Å². The molecule has 1 aromatic heterocycles. The van der Waals surface area contributed by atoms with E-state index in [1.54, 1.807) is 26.2 Å². The lowest BCUT2D eigenvalue weighted by molar-refractivity contribution is 0.0981. The third kappa shape index (κ3) is 6.61. The second-order valence-corrected chi connectivity index (χ2v) is 12.0. The molecule has 0 aliphatic rings. The fourth-order valence-electron chi connectivity index (χ4n) is 4.45. The van der Waals surface area contributed by atoms with Crippen LogP contribution in [0.25, 0.3) is 10.9 Å². The molecule has 216 valence electrons. The molecule has 0 fully saturated rings. The van der Waals surface area contributed by atoms with Crippen molar-refractivity contribution in [3.05, 3.63) is 93.1 Å². The molecule has 0 saturated carbocycles. The maximum absolute atomic E-state index is 12.9. The van der Waals surface area contributed by atoms with Gasteiger partial charge in [-0.25, -0.2) is 17.9 Å². The van der Waals surface area contributed by atoms with Gasteiger partial charge in [0.05, 0.1) is 12.1 Å². The van der Waals surface area contributed by atoms with Gasteiger partial charge >= 0.3 is 6.03 Å². The number of hydrogen-bond donors (Lipinski definition) is 2. The topological polar surface area (TPSA) is 110 Å². The van der Waals surface area contributed by atoms with Crippen LogP contribution in [-0.4, -0.2) is 57.6 Å². The van der Waals surface area contributed by atoms with E-state index in [2.05, 4.69) is 16.1 Å². The van der Waals surface area contributed by atoms with E-state index < -0.39 is 15.9 Å². The van der Waals surface area contributed by atoms with Gasteiger partial charge in [0.1, 0.15) is 15.8 Å². The number of aromatic nitrogens is 1. The summed E-state index contributed by atoms with van der Waals surface area (Å²) in [5.41, 5.74) is 3.73. The molecule has 41 heavy (non-hydrogen) atoms. The minimum absolute atomic E-state index is 0.00849. The SMILES string of the molecule is COc1cc(C(=O)NS(=O)(=O)c2ccccc2Cl)ccc1Cc1c(Cl)n(C)c2ccc(CCNC(=O)N(C)C)cc12. The highest BCUT2D eigenvalue weighted by molar-refractivity contribution is 7.90. The number of amides is 3. The van der Waals surface area contributed by atoms with Crippen molar-refractivity contribution in [1.29, 1.82) is 0 Å². The van der Waals surface area contributed by atoms with Gasteiger partial charge in [0.25, 0.3) is 15.9 Å². The van der Waals surface area contributed by atoms with Gasteiger partial charge in [0.15, 0.2) is 0 Å². The maximum atomic E-state index is 12.9. The number of urea groups is 1. The van der Waals surface area contributed by atoms with E-state index in [0.717, 1.165) is 27.6 Å². The quantitative estimate of drug-likeness (QED) is 0.274. The zero-order valence-electron chi connectivity index (χ0n) is 23.0. The lowest BCUT2D eigenvalue weighted by atomic mass is 10.00. The smallest absolute Gasteiger partial charge is 0.316 e. The van der Waals surface area contributed by atoms with Gasteiger partial charge in [0.2, 0.25) is 0 Å². The predicted molar refractivity (Wildman–Crippen MR) is 161 cm³/mol. The van der Waals surface area contributed by atoms with Crippen LogP contribution in [-0.2, 0) is 29.9 Å². The first-order valence-electron chi connectivity index (χ1n) is 12.6. The lowest BCUT2D eigenvalue weighted by Crippen LogP contribution is -2.35. The van der Waals surface area contributed by atoms with Crippen LogP contribution in [0.3, 0.4) is 0 Å². The molecule has 0 aliphatic carbocycles. The van der Waals surface area contributed by atoms with Crippen LogP contribution in [0, 0.1) is 0 Å². The number of rotatable bonds is 9. The van der Waals surface area contributed by atoms with E-state index in [0.29, 0.717) is 30.3 Å². The van der Waals surface area contributed by atoms with E-state index in [4.69, 9.17) is 27.9 Å². The van der Waals surface area contributed by atoms with E-state index in [-0.39, 0.29) is 21.5 Å². The molecular weight excluding hydrogens is 587 g/mol. The Labute approximate surface area is 249 Å². The number of ether oxygens (including phenoxy) is 1. The lowest BCUT2D eigenvalue weighted by Gasteiger charge is -2.13. The van der Waals surface area contributed by atoms with Gasteiger partial charge in [-0.15, -0.1) is 0 Å². The van der Waals surface area contributed by atoms with Crippen molar-refractivity contribution in [1.82, 2.24) is 19.5 Å². The summed E-state index contributed by atoms with van der Waals surface area (Å²) < 4.78 is 35.0. The molecule has 4 aromatic rings. The molecule has 9 nitrogen and oxygen atoms in total. The Balaban J connectivity index is 1.58. The highest BCUT2D eigenvalue weighted by Crippen LogP contribution is 2.34. The molecule has 0 saturated heterocycles. The van der Waals surface area contributed by atoms with E-state index in [1.807, 2.05) is 23.7 Å². The van der Waals surface area contributed by atoms with Gasteiger partial charge in [-0.3, -0.25) is 4.79 Å². The van der Waals surface area contributed by atoms with Crippen molar-refractivity contribution in [2.45, 2.75) is 17.7 Å². The molecular formula is C29H30Cl2N4O5S. The number of methoxy groups -OCH3 is 1. The number of fused-ring (bicyclic) bond motifs is 1. The molecule has 0 unspecified atom stereocenters. The van der Waals surface area contributed by atoms with Crippen molar-refractivity contribution in [2.75, 3.05) is 27.7 Å². The highest BCUT2D eigenvalue weighted by Gasteiger charge is 2.23. The fraction of sp³-hybridized carbons (Fsp3) is 0.241. The normalized spacial score (nSPS) is 11.4. The summed E-state index contributed by atoms with van der Waals surface area (Å²) in [7, 11) is 2.56. The van der Waals surface area contributed by atoms with E-state index in [9.17, 15) is 18.0 Å². The van der Waals surface area contributed by atoms with Crippen LogP contribution in [0.4, 0.5) is 4.79 Å². The van der Waals surface area contributed by atoms with Crippen LogP contribution in [0.15, 0.2) is 65.6 Å². The zero-order valence-corrected chi connectivity index (χ0v) is 25.3. The number of carbonyl (C=O) groups excluding carboxylic acids is 2. The summed E-state index contributed by atoms with van der Waals surface area (Å²) in [6.45, 7) is 0.488. The van der Waals surface area contributed by atoms with Gasteiger partial charge in [-0.05, 0) is 53.9 Å². The Hall–Kier alpha value is -3.73. The number of halogens is 2. The third-order valence-electron chi connectivity index (χ3n) is 6.66. The van der Waals surface area contributed by atoms with E-state index >= 15 is 0 Å². The number of aryl methyl sites for hydroxylation is 1. The van der Waals surface area contributed by atoms with Crippen LogP contribution in [0.2, 0.25) is 10.2 Å². The Bertz CT molecular complexity index is 1730. The van der Waals surface area contributed by atoms with Crippen LogP contribution in [0.1, 0.15) is 27.0 Å². The number of carbonyl (C=O) groups is 2. The van der Waals surface area contributed by atoms with Crippen molar-refractivity contribution in [2.24, 2.45) is 7.05 Å². The number of nitrogens with one attached hydrogen (secondary N) is 2. The van der Waals surface area contributed by atoms with E-state index in [1.165, 1.54) is 42.3 Å². The average Bonchev–Trinajstić information content (AvgIpc) is 3.17. The molecule has 12 heteroatoms. The Morgan fingerprint density at radius 2 is 1.76 bits per heavy atom. The van der Waals surface area contributed by atoms with Crippen LogP contribution >= 0.6 is 23.2 Å². The number of benzene rings is 3. The third-order valence-corrected chi connectivity index (χ3v) is 8.97. The molecule has 0 bridgehead atoms. The first-order chi connectivity index (χ1) is 19.4. The summed E-state index contributed by atoms with van der Waals surface area (Å²) in [6, 6.07) is 16.5. The Morgan fingerprint density at radius 1 is 1.02 bits per heavy atom. The zero-order chi connectivity index (χ0) is 29.9. The molecule has 0 spiro atoms. The molecule has 0 atom stereocenters.